The molecule has 0 aliphatic heterocycles. The number of carbonyl (C=O) groups excluding carboxylic acids is 1. The molecule has 6 heteroatoms. The summed E-state index contributed by atoms with van der Waals surface area (Å²) >= 11 is 0. The second-order valence-electron chi connectivity index (χ2n) is 8.55. The molecule has 0 aromatic heterocycles. The van der Waals surface area contributed by atoms with Crippen molar-refractivity contribution in [2.24, 2.45) is 28.6 Å². The normalized spacial score (nSPS) is 45.8. The van der Waals surface area contributed by atoms with Crippen LogP contribution in [0.3, 0.4) is 0 Å². The molecular weight excluding hydrogens is 312 g/mol. The molecule has 0 heterocycles. The summed E-state index contributed by atoms with van der Waals surface area (Å²) in [5.41, 5.74) is -1.35. The van der Waals surface area contributed by atoms with Gasteiger partial charge in [0.15, 0.2) is 0 Å². The quantitative estimate of drug-likeness (QED) is 0.690. The first kappa shape index (κ1) is 15.7. The van der Waals surface area contributed by atoms with Crippen LogP contribution in [0.15, 0.2) is 0 Å². The van der Waals surface area contributed by atoms with Gasteiger partial charge in [0.05, 0.1) is 0 Å². The maximum atomic E-state index is 13.8. The lowest BCUT2D eigenvalue weighted by Gasteiger charge is -2.66. The van der Waals surface area contributed by atoms with Crippen LogP contribution in [0.1, 0.15) is 57.8 Å². The molecule has 5 aliphatic carbocycles. The number of carbonyl (C=O) groups is 1. The van der Waals surface area contributed by atoms with E-state index in [9.17, 15) is 27.5 Å². The molecule has 23 heavy (non-hydrogen) atoms. The molecule has 1 spiro atoms. The van der Waals surface area contributed by atoms with Crippen molar-refractivity contribution in [3.63, 3.8) is 0 Å². The van der Waals surface area contributed by atoms with E-state index < -0.39 is 41.5 Å². The Labute approximate surface area is 132 Å². The van der Waals surface area contributed by atoms with E-state index in [1.54, 1.807) is 0 Å². The number of alkyl halides is 4. The van der Waals surface area contributed by atoms with Crippen molar-refractivity contribution < 1.29 is 27.5 Å². The van der Waals surface area contributed by atoms with Crippen LogP contribution in [0.2, 0.25) is 0 Å². The third-order valence-corrected chi connectivity index (χ3v) is 7.59. The van der Waals surface area contributed by atoms with E-state index in [1.807, 2.05) is 0 Å². The summed E-state index contributed by atoms with van der Waals surface area (Å²) in [6.45, 7) is 0. The fourth-order valence-corrected chi connectivity index (χ4v) is 6.53. The van der Waals surface area contributed by atoms with E-state index in [4.69, 9.17) is 0 Å². The summed E-state index contributed by atoms with van der Waals surface area (Å²) in [6, 6.07) is 0. The van der Waals surface area contributed by atoms with Gasteiger partial charge in [0, 0.05) is 24.2 Å². The van der Waals surface area contributed by atoms with E-state index in [1.165, 1.54) is 0 Å². The molecule has 0 aromatic rings. The monoisotopic (exact) mass is 333 g/mol. The predicted molar refractivity (Wildman–Crippen MR) is 71.8 cm³/mol. The number of halogens is 4. The Kier molecular flexibility index (Phi) is 3.02. The molecule has 2 atom stereocenters. The average molecular weight is 333 g/mol. The van der Waals surface area contributed by atoms with Crippen LogP contribution >= 0.6 is 0 Å². The van der Waals surface area contributed by atoms with Gasteiger partial charge in [-0.15, -0.1) is 0 Å². The van der Waals surface area contributed by atoms with E-state index in [-0.39, 0.29) is 24.7 Å². The lowest BCUT2D eigenvalue weighted by molar-refractivity contribution is -0.331. The molecule has 5 saturated carbocycles. The molecule has 130 valence electrons. The average Bonchev–Trinajstić information content (AvgIpc) is 2.53. The molecule has 0 radical (unpaired) electrons. The number of rotatable bonds is 1. The van der Waals surface area contributed by atoms with Gasteiger partial charge in [0.1, 0.15) is 0 Å². The molecule has 0 aromatic carbocycles. The summed E-state index contributed by atoms with van der Waals surface area (Å²) in [5, 5.41) is 11.6. The maximum Gasteiger partial charge on any atom is 0.310 e. The molecule has 2 unspecified atom stereocenters. The van der Waals surface area contributed by atoms with Gasteiger partial charge in [-0.1, -0.05) is 0 Å². The van der Waals surface area contributed by atoms with Crippen molar-refractivity contribution in [2.45, 2.75) is 69.6 Å². The lowest BCUT2D eigenvalue weighted by atomic mass is 9.39. The number of hydrogen-bond acceptors (Lipinski definition) is 2. The standard InChI is InChI=1S/C17H22F4O2/c18-16(19)3-1-15(2-4-17(16,20)21)11-5-10-6-12(15)9-14(7-10,8-11)13(22)23/h10-12H,1-9H2,(H,22,23)/p-1. The van der Waals surface area contributed by atoms with Crippen LogP contribution < -0.4 is 5.11 Å². The zero-order valence-electron chi connectivity index (χ0n) is 12.9. The van der Waals surface area contributed by atoms with Gasteiger partial charge in [0.25, 0.3) is 0 Å². The van der Waals surface area contributed by atoms with E-state index in [0.717, 1.165) is 12.8 Å². The summed E-state index contributed by atoms with van der Waals surface area (Å²) in [7, 11) is 0. The molecule has 0 amide bonds. The summed E-state index contributed by atoms with van der Waals surface area (Å²) in [6.07, 6.45) is 1.72. The van der Waals surface area contributed by atoms with Crippen LogP contribution in [-0.2, 0) is 4.79 Å². The van der Waals surface area contributed by atoms with Crippen LogP contribution in [-0.4, -0.2) is 17.8 Å². The smallest absolute Gasteiger partial charge is 0.310 e. The highest BCUT2D eigenvalue weighted by Gasteiger charge is 2.66. The van der Waals surface area contributed by atoms with Gasteiger partial charge in [0.2, 0.25) is 0 Å². The number of carboxylic acid groups (broad SMARTS) is 1. The van der Waals surface area contributed by atoms with Gasteiger partial charge >= 0.3 is 11.8 Å². The van der Waals surface area contributed by atoms with Crippen molar-refractivity contribution in [3.05, 3.63) is 0 Å². The van der Waals surface area contributed by atoms with Crippen LogP contribution in [0.5, 0.6) is 0 Å². The highest BCUT2D eigenvalue weighted by Crippen LogP contribution is 2.70. The van der Waals surface area contributed by atoms with Crippen molar-refractivity contribution in [1.29, 1.82) is 0 Å². The molecular formula is C17H21F4O2-. The molecule has 4 bridgehead atoms. The van der Waals surface area contributed by atoms with Crippen molar-refractivity contribution in [1.82, 2.24) is 0 Å². The number of aliphatic carboxylic acids is 1. The SMILES string of the molecule is O=C([O-])C12CC3CC(C1)C1(CCC(F)(F)C(F)(F)CC1)C(C3)C2. The Hall–Kier alpha value is -0.810. The second-order valence-corrected chi connectivity index (χ2v) is 8.55. The summed E-state index contributed by atoms with van der Waals surface area (Å²) in [5.74, 6) is -8.67. The number of carboxylic acids is 1. The highest BCUT2D eigenvalue weighted by molar-refractivity contribution is 5.73. The van der Waals surface area contributed by atoms with Gasteiger partial charge in [-0.05, 0) is 68.1 Å². The first-order chi connectivity index (χ1) is 10.6. The zero-order valence-corrected chi connectivity index (χ0v) is 12.9. The minimum atomic E-state index is -3.95. The van der Waals surface area contributed by atoms with Gasteiger partial charge in [-0.25, -0.2) is 0 Å². The Morgan fingerprint density at radius 2 is 1.30 bits per heavy atom. The van der Waals surface area contributed by atoms with E-state index in [2.05, 4.69) is 0 Å². The topological polar surface area (TPSA) is 40.1 Å². The molecule has 5 rings (SSSR count). The Morgan fingerprint density at radius 3 is 1.74 bits per heavy atom. The Bertz CT molecular complexity index is 509. The zero-order chi connectivity index (χ0) is 16.7. The van der Waals surface area contributed by atoms with E-state index >= 15 is 0 Å². The minimum absolute atomic E-state index is 0.0173. The van der Waals surface area contributed by atoms with Gasteiger partial charge < -0.3 is 9.90 Å². The first-order valence-electron chi connectivity index (χ1n) is 8.57. The maximum absolute atomic E-state index is 13.8. The van der Waals surface area contributed by atoms with E-state index in [0.29, 0.717) is 25.2 Å². The fourth-order valence-electron chi connectivity index (χ4n) is 6.53. The Morgan fingerprint density at radius 1 is 0.826 bits per heavy atom. The third-order valence-electron chi connectivity index (χ3n) is 7.59. The molecule has 5 fully saturated rings. The van der Waals surface area contributed by atoms with Crippen LogP contribution in [0.25, 0.3) is 0 Å². The largest absolute Gasteiger partial charge is 0.550 e. The summed E-state index contributed by atoms with van der Waals surface area (Å²) < 4.78 is 55.2. The van der Waals surface area contributed by atoms with Crippen molar-refractivity contribution in [3.8, 4) is 0 Å². The predicted octanol–water partition coefficient (Wildman–Crippen LogP) is 3.39. The number of hydrogen-bond donors (Lipinski definition) is 0. The highest BCUT2D eigenvalue weighted by atomic mass is 19.3. The third kappa shape index (κ3) is 1.95. The summed E-state index contributed by atoms with van der Waals surface area (Å²) in [4.78, 5) is 11.6. The van der Waals surface area contributed by atoms with Crippen molar-refractivity contribution in [2.75, 3.05) is 0 Å². The molecule has 5 aliphatic rings. The fraction of sp³-hybridized carbons (Fsp3) is 0.941. The van der Waals surface area contributed by atoms with Crippen molar-refractivity contribution >= 4 is 5.97 Å². The molecule has 2 nitrogen and oxygen atoms in total. The minimum Gasteiger partial charge on any atom is -0.550 e. The first-order valence-corrected chi connectivity index (χ1v) is 8.57. The molecule has 0 saturated heterocycles. The second kappa shape index (κ2) is 4.42. The van der Waals surface area contributed by atoms with Gasteiger partial charge in [-0.3, -0.25) is 0 Å². The van der Waals surface area contributed by atoms with Crippen LogP contribution in [0.4, 0.5) is 17.6 Å². The van der Waals surface area contributed by atoms with Gasteiger partial charge in [-0.2, -0.15) is 17.6 Å². The lowest BCUT2D eigenvalue weighted by Crippen LogP contribution is -2.61. The van der Waals surface area contributed by atoms with Crippen LogP contribution in [0, 0.1) is 28.6 Å². The Balaban J connectivity index is 1.67. The molecule has 0 N–H and O–H groups in total.